The van der Waals surface area contributed by atoms with Crippen molar-refractivity contribution in [1.29, 1.82) is 0 Å². The molecule has 0 aromatic heterocycles. The summed E-state index contributed by atoms with van der Waals surface area (Å²) in [7, 11) is 0. The topological polar surface area (TPSA) is 9.23 Å². The number of ether oxygens (including phenoxy) is 1. The first-order valence-electron chi connectivity index (χ1n) is 5.77. The third-order valence-electron chi connectivity index (χ3n) is 3.63. The van der Waals surface area contributed by atoms with Crippen LogP contribution in [-0.2, 0) is 0 Å². The first kappa shape index (κ1) is 9.02. The van der Waals surface area contributed by atoms with Crippen molar-refractivity contribution in [2.24, 2.45) is 11.8 Å². The maximum absolute atomic E-state index is 5.82. The van der Waals surface area contributed by atoms with Crippen LogP contribution in [0.15, 0.2) is 42.0 Å². The molecule has 1 nitrogen and oxygen atoms in total. The van der Waals surface area contributed by atoms with Gasteiger partial charge in [-0.3, -0.25) is 0 Å². The monoisotopic (exact) mass is 200 g/mol. The van der Waals surface area contributed by atoms with Gasteiger partial charge in [0.15, 0.2) is 0 Å². The van der Waals surface area contributed by atoms with Crippen LogP contribution in [0, 0.1) is 11.8 Å². The SMILES string of the molecule is C1=C2CC(C1)C(COc1ccccc1)C2. The number of benzene rings is 1. The summed E-state index contributed by atoms with van der Waals surface area (Å²) in [5.74, 6) is 2.66. The number of rotatable bonds is 3. The quantitative estimate of drug-likeness (QED) is 0.679. The molecule has 78 valence electrons. The summed E-state index contributed by atoms with van der Waals surface area (Å²) in [6.07, 6.45) is 6.32. The van der Waals surface area contributed by atoms with Gasteiger partial charge in [-0.1, -0.05) is 29.8 Å². The molecule has 0 radical (unpaired) electrons. The minimum atomic E-state index is 0.769. The Balaban J connectivity index is 1.57. The molecule has 2 atom stereocenters. The third-order valence-corrected chi connectivity index (χ3v) is 3.63. The van der Waals surface area contributed by atoms with Gasteiger partial charge in [0.1, 0.15) is 5.75 Å². The first-order chi connectivity index (χ1) is 7.42. The van der Waals surface area contributed by atoms with Gasteiger partial charge in [-0.05, 0) is 37.3 Å². The number of hydrogen-bond donors (Lipinski definition) is 0. The number of hydrogen-bond acceptors (Lipinski definition) is 1. The summed E-state index contributed by atoms with van der Waals surface area (Å²) in [5, 5.41) is 0. The second-order valence-corrected chi connectivity index (χ2v) is 4.65. The van der Waals surface area contributed by atoms with Crippen molar-refractivity contribution < 1.29 is 4.74 Å². The molecule has 0 amide bonds. The van der Waals surface area contributed by atoms with Crippen molar-refractivity contribution >= 4 is 0 Å². The second-order valence-electron chi connectivity index (χ2n) is 4.65. The minimum absolute atomic E-state index is 0.769. The number of allylic oxidation sites excluding steroid dienone is 2. The molecule has 2 bridgehead atoms. The van der Waals surface area contributed by atoms with E-state index in [1.165, 1.54) is 19.3 Å². The zero-order chi connectivity index (χ0) is 10.1. The summed E-state index contributed by atoms with van der Waals surface area (Å²) in [5.41, 5.74) is 1.67. The van der Waals surface area contributed by atoms with Crippen LogP contribution in [0.1, 0.15) is 19.3 Å². The highest BCUT2D eigenvalue weighted by atomic mass is 16.5. The Morgan fingerprint density at radius 2 is 2.00 bits per heavy atom. The molecule has 1 aromatic carbocycles. The summed E-state index contributed by atoms with van der Waals surface area (Å²) in [4.78, 5) is 0. The highest BCUT2D eigenvalue weighted by Crippen LogP contribution is 2.44. The molecular formula is C14H16O. The van der Waals surface area contributed by atoms with Crippen molar-refractivity contribution in [2.45, 2.75) is 19.3 Å². The van der Waals surface area contributed by atoms with Gasteiger partial charge in [-0.25, -0.2) is 0 Å². The fourth-order valence-corrected chi connectivity index (χ4v) is 2.77. The van der Waals surface area contributed by atoms with E-state index >= 15 is 0 Å². The number of fused-ring (bicyclic) bond motifs is 2. The standard InChI is InChI=1S/C14H16O/c1-2-4-14(5-3-1)15-10-13-9-11-6-7-12(13)8-11/h1-6,12-13H,7-10H2. The predicted octanol–water partition coefficient (Wildman–Crippen LogP) is 3.42. The van der Waals surface area contributed by atoms with Crippen molar-refractivity contribution in [2.75, 3.05) is 6.61 Å². The Morgan fingerprint density at radius 1 is 1.13 bits per heavy atom. The van der Waals surface area contributed by atoms with E-state index in [1.807, 2.05) is 30.3 Å². The van der Waals surface area contributed by atoms with Crippen LogP contribution >= 0.6 is 0 Å². The Kier molecular flexibility index (Phi) is 2.24. The molecular weight excluding hydrogens is 184 g/mol. The smallest absolute Gasteiger partial charge is 0.119 e. The molecule has 1 fully saturated rings. The minimum Gasteiger partial charge on any atom is -0.493 e. The van der Waals surface area contributed by atoms with Crippen molar-refractivity contribution in [3.8, 4) is 5.75 Å². The molecule has 2 aliphatic carbocycles. The van der Waals surface area contributed by atoms with E-state index in [4.69, 9.17) is 4.74 Å². The van der Waals surface area contributed by atoms with Crippen molar-refractivity contribution in [1.82, 2.24) is 0 Å². The molecule has 1 aromatic rings. The van der Waals surface area contributed by atoms with E-state index in [2.05, 4.69) is 6.08 Å². The summed E-state index contributed by atoms with van der Waals surface area (Å²) < 4.78 is 5.82. The lowest BCUT2D eigenvalue weighted by molar-refractivity contribution is 0.214. The van der Waals surface area contributed by atoms with Crippen LogP contribution < -0.4 is 4.74 Å². The summed E-state index contributed by atoms with van der Waals surface area (Å²) in [6.45, 7) is 0.895. The molecule has 1 heteroatoms. The lowest BCUT2D eigenvalue weighted by Gasteiger charge is -2.19. The normalized spacial score (nSPS) is 27.9. The van der Waals surface area contributed by atoms with Gasteiger partial charge in [0.05, 0.1) is 6.61 Å². The molecule has 2 unspecified atom stereocenters. The van der Waals surface area contributed by atoms with Gasteiger partial charge in [0.2, 0.25) is 0 Å². The maximum atomic E-state index is 5.82. The van der Waals surface area contributed by atoms with Gasteiger partial charge >= 0.3 is 0 Å². The Labute approximate surface area is 90.8 Å². The second kappa shape index (κ2) is 3.73. The Morgan fingerprint density at radius 3 is 2.67 bits per heavy atom. The highest BCUT2D eigenvalue weighted by Gasteiger charge is 2.34. The van der Waals surface area contributed by atoms with Crippen LogP contribution in [0.3, 0.4) is 0 Å². The zero-order valence-electron chi connectivity index (χ0n) is 8.86. The van der Waals surface area contributed by atoms with E-state index in [-0.39, 0.29) is 0 Å². The van der Waals surface area contributed by atoms with E-state index in [0.29, 0.717) is 0 Å². The third kappa shape index (κ3) is 1.79. The van der Waals surface area contributed by atoms with Crippen LogP contribution in [0.4, 0.5) is 0 Å². The average Bonchev–Trinajstić information content (AvgIpc) is 2.89. The lowest BCUT2D eigenvalue weighted by Crippen LogP contribution is -2.16. The van der Waals surface area contributed by atoms with Crippen LogP contribution in [0.25, 0.3) is 0 Å². The molecule has 2 aliphatic rings. The van der Waals surface area contributed by atoms with Crippen LogP contribution in [0.2, 0.25) is 0 Å². The van der Waals surface area contributed by atoms with E-state index in [0.717, 1.165) is 24.2 Å². The summed E-state index contributed by atoms with van der Waals surface area (Å²) >= 11 is 0. The lowest BCUT2D eigenvalue weighted by atomic mass is 9.93. The molecule has 0 N–H and O–H groups in total. The fraction of sp³-hybridized carbons (Fsp3) is 0.429. The van der Waals surface area contributed by atoms with Gasteiger partial charge in [-0.15, -0.1) is 0 Å². The van der Waals surface area contributed by atoms with Crippen LogP contribution in [0.5, 0.6) is 5.75 Å². The number of para-hydroxylation sites is 1. The van der Waals surface area contributed by atoms with Gasteiger partial charge in [0, 0.05) is 5.92 Å². The predicted molar refractivity (Wildman–Crippen MR) is 60.9 cm³/mol. The van der Waals surface area contributed by atoms with Crippen molar-refractivity contribution in [3.63, 3.8) is 0 Å². The summed E-state index contributed by atoms with van der Waals surface area (Å²) in [6, 6.07) is 10.1. The molecule has 15 heavy (non-hydrogen) atoms. The molecule has 0 aliphatic heterocycles. The van der Waals surface area contributed by atoms with E-state index in [1.54, 1.807) is 5.57 Å². The zero-order valence-corrected chi connectivity index (χ0v) is 8.86. The fourth-order valence-electron chi connectivity index (χ4n) is 2.77. The molecule has 0 spiro atoms. The molecule has 0 heterocycles. The largest absolute Gasteiger partial charge is 0.493 e. The first-order valence-corrected chi connectivity index (χ1v) is 5.77. The molecule has 0 saturated heterocycles. The van der Waals surface area contributed by atoms with Crippen molar-refractivity contribution in [3.05, 3.63) is 42.0 Å². The van der Waals surface area contributed by atoms with Crippen LogP contribution in [-0.4, -0.2) is 6.61 Å². The maximum Gasteiger partial charge on any atom is 0.119 e. The molecule has 1 saturated carbocycles. The average molecular weight is 200 g/mol. The highest BCUT2D eigenvalue weighted by molar-refractivity contribution is 5.22. The van der Waals surface area contributed by atoms with Gasteiger partial charge < -0.3 is 4.74 Å². The Bertz CT molecular complexity index is 366. The Hall–Kier alpha value is -1.24. The van der Waals surface area contributed by atoms with Gasteiger partial charge in [0.25, 0.3) is 0 Å². The van der Waals surface area contributed by atoms with Gasteiger partial charge in [-0.2, -0.15) is 0 Å². The molecule has 3 rings (SSSR count). The van der Waals surface area contributed by atoms with E-state index in [9.17, 15) is 0 Å². The van der Waals surface area contributed by atoms with E-state index < -0.39 is 0 Å².